The van der Waals surface area contributed by atoms with Crippen LogP contribution in [0.1, 0.15) is 23.1 Å². The third kappa shape index (κ3) is 5.39. The summed E-state index contributed by atoms with van der Waals surface area (Å²) in [4.78, 5) is 11.6. The number of hydrogen-bond acceptors (Lipinski definition) is 4. The minimum absolute atomic E-state index is 0.0141. The molecule has 0 saturated heterocycles. The molecular weight excluding hydrogens is 568 g/mol. The van der Waals surface area contributed by atoms with E-state index in [0.717, 1.165) is 0 Å². The van der Waals surface area contributed by atoms with Gasteiger partial charge < -0.3 is 5.32 Å². The van der Waals surface area contributed by atoms with Crippen LogP contribution in [0.25, 0.3) is 10.8 Å². The fourth-order valence-electron chi connectivity index (χ4n) is 3.85. The molecule has 2 amide bonds. The first-order valence-corrected chi connectivity index (χ1v) is 12.5. The highest BCUT2D eigenvalue weighted by Gasteiger charge is 2.60. The highest BCUT2D eigenvalue weighted by Crippen LogP contribution is 2.57. The summed E-state index contributed by atoms with van der Waals surface area (Å²) >= 11 is 18.5. The van der Waals surface area contributed by atoms with Crippen molar-refractivity contribution in [2.24, 2.45) is 9.50 Å². The molecule has 2 N–H and O–H groups in total. The Bertz CT molecular complexity index is 1460. The van der Waals surface area contributed by atoms with E-state index in [-0.39, 0.29) is 32.9 Å². The van der Waals surface area contributed by atoms with Crippen LogP contribution in [0.3, 0.4) is 0 Å². The van der Waals surface area contributed by atoms with Crippen LogP contribution in [-0.4, -0.2) is 30.7 Å². The quantitative estimate of drug-likeness (QED) is 0.108. The zero-order valence-corrected chi connectivity index (χ0v) is 21.8. The van der Waals surface area contributed by atoms with Crippen molar-refractivity contribution in [3.8, 4) is 12.3 Å². The predicted octanol–water partition coefficient (Wildman–Crippen LogP) is 7.37. The van der Waals surface area contributed by atoms with Gasteiger partial charge in [0.25, 0.3) is 0 Å². The molecule has 1 heterocycles. The van der Waals surface area contributed by atoms with Crippen LogP contribution in [0, 0.1) is 12.3 Å². The number of terminal acetylenes is 1. The number of rotatable bonds is 5. The molecule has 0 radical (unpaired) electrons. The number of hydrazone groups is 1. The fraction of sp³-hybridized carbons (Fsp3) is 0.160. The van der Waals surface area contributed by atoms with Gasteiger partial charge in [0.15, 0.2) is 4.75 Å². The smallest absolute Gasteiger partial charge is 0.326 e. The Morgan fingerprint density at radius 2 is 1.84 bits per heavy atom. The molecule has 1 atom stereocenters. The fourth-order valence-corrected chi connectivity index (χ4v) is 5.41. The molecule has 3 aromatic carbocycles. The maximum atomic E-state index is 14.5. The van der Waals surface area contributed by atoms with Gasteiger partial charge in [0, 0.05) is 17.5 Å². The molecule has 1 unspecified atom stereocenters. The van der Waals surface area contributed by atoms with Gasteiger partial charge in [0.1, 0.15) is 0 Å². The number of carbonyl (C=O) groups excluding carboxylic acids is 1. The van der Waals surface area contributed by atoms with Crippen molar-refractivity contribution < 1.29 is 18.0 Å². The lowest BCUT2D eigenvalue weighted by molar-refractivity contribution is -0.159. The van der Waals surface area contributed by atoms with Gasteiger partial charge in [-0.2, -0.15) is 18.3 Å². The second-order valence-corrected chi connectivity index (χ2v) is 10.1. The summed E-state index contributed by atoms with van der Waals surface area (Å²) in [5.74, 6) is 2.27. The monoisotopic (exact) mass is 582 g/mol. The standard InChI is InChI=1S/C25H16Cl3F3N4OS/c1-2-9-32-23(36)34-33-13-14-7-8-18(17-6-4-3-5-16(14)17)21-12-24(37-35-21,25(29,30)31)15-10-19(26)22(28)20(27)11-15/h1,3-8,10-11,13H,9,12H2,(H2,32,34,36)/b33-13+. The van der Waals surface area contributed by atoms with Crippen molar-refractivity contribution in [1.29, 1.82) is 0 Å². The molecule has 0 aromatic heterocycles. The zero-order chi connectivity index (χ0) is 26.8. The van der Waals surface area contributed by atoms with E-state index in [1.165, 1.54) is 18.3 Å². The molecular formula is C25H16Cl3F3N4OS. The van der Waals surface area contributed by atoms with Gasteiger partial charge in [-0.05, 0) is 40.4 Å². The molecule has 37 heavy (non-hydrogen) atoms. The second kappa shape index (κ2) is 10.8. The Labute approximate surface area is 229 Å². The maximum Gasteiger partial charge on any atom is 0.409 e. The molecule has 0 saturated carbocycles. The number of urea groups is 1. The van der Waals surface area contributed by atoms with E-state index in [1.807, 2.05) is 0 Å². The van der Waals surface area contributed by atoms with Crippen LogP contribution in [-0.2, 0) is 4.75 Å². The van der Waals surface area contributed by atoms with Crippen molar-refractivity contribution >= 4 is 75.5 Å². The molecule has 4 rings (SSSR count). The first-order chi connectivity index (χ1) is 17.6. The predicted molar refractivity (Wildman–Crippen MR) is 145 cm³/mol. The number of benzene rings is 3. The van der Waals surface area contributed by atoms with Gasteiger partial charge in [-0.15, -0.1) is 6.42 Å². The summed E-state index contributed by atoms with van der Waals surface area (Å²) in [7, 11) is 0. The molecule has 0 spiro atoms. The van der Waals surface area contributed by atoms with Crippen LogP contribution in [0.15, 0.2) is 58.0 Å². The summed E-state index contributed by atoms with van der Waals surface area (Å²) in [6, 6.07) is 12.3. The van der Waals surface area contributed by atoms with Gasteiger partial charge in [0.05, 0.1) is 33.5 Å². The Hall–Kier alpha value is -2.90. The van der Waals surface area contributed by atoms with Gasteiger partial charge in [-0.25, -0.2) is 14.6 Å². The van der Waals surface area contributed by atoms with E-state index in [2.05, 4.69) is 26.2 Å². The molecule has 12 heteroatoms. The van der Waals surface area contributed by atoms with E-state index >= 15 is 0 Å². The third-order valence-electron chi connectivity index (χ3n) is 5.63. The molecule has 5 nitrogen and oxygen atoms in total. The van der Waals surface area contributed by atoms with Crippen LogP contribution in [0.2, 0.25) is 15.1 Å². The molecule has 0 bridgehead atoms. The van der Waals surface area contributed by atoms with Gasteiger partial charge in [-0.3, -0.25) is 0 Å². The summed E-state index contributed by atoms with van der Waals surface area (Å²) in [5, 5.41) is 7.56. The first-order valence-electron chi connectivity index (χ1n) is 10.6. The SMILES string of the molecule is C#CCNC(=O)N/N=C/c1ccc(C2=NSC(c3cc(Cl)c(Cl)c(Cl)c3)(C(F)(F)F)C2)c2ccccc12. The lowest BCUT2D eigenvalue weighted by Gasteiger charge is -2.30. The number of halogens is 6. The molecule has 190 valence electrons. The number of carbonyl (C=O) groups is 1. The van der Waals surface area contributed by atoms with Crippen molar-refractivity contribution in [1.82, 2.24) is 10.7 Å². The first kappa shape index (κ1) is 27.1. The van der Waals surface area contributed by atoms with Crippen LogP contribution in [0.4, 0.5) is 18.0 Å². The van der Waals surface area contributed by atoms with Crippen LogP contribution >= 0.6 is 46.8 Å². The van der Waals surface area contributed by atoms with Crippen LogP contribution in [0.5, 0.6) is 0 Å². The number of amides is 2. The maximum absolute atomic E-state index is 14.5. The Kier molecular flexibility index (Phi) is 7.95. The molecule has 0 fully saturated rings. The van der Waals surface area contributed by atoms with Crippen molar-refractivity contribution in [3.05, 3.63) is 80.3 Å². The van der Waals surface area contributed by atoms with Crippen LogP contribution < -0.4 is 10.7 Å². The van der Waals surface area contributed by atoms with Crippen molar-refractivity contribution in [2.75, 3.05) is 6.54 Å². The molecule has 1 aliphatic rings. The number of alkyl halides is 3. The zero-order valence-electron chi connectivity index (χ0n) is 18.7. The third-order valence-corrected chi connectivity index (χ3v) is 8.06. The molecule has 0 aliphatic carbocycles. The van der Waals surface area contributed by atoms with Crippen molar-refractivity contribution in [2.45, 2.75) is 17.3 Å². The van der Waals surface area contributed by atoms with E-state index in [9.17, 15) is 18.0 Å². The number of fused-ring (bicyclic) bond motifs is 1. The van der Waals surface area contributed by atoms with Gasteiger partial charge >= 0.3 is 12.2 Å². The summed E-state index contributed by atoms with van der Waals surface area (Å²) < 4.78 is 45.5. The van der Waals surface area contributed by atoms with E-state index in [1.54, 1.807) is 36.4 Å². The average molecular weight is 584 g/mol. The lowest BCUT2D eigenvalue weighted by Crippen LogP contribution is -2.38. The average Bonchev–Trinajstić information content (AvgIpc) is 3.32. The highest BCUT2D eigenvalue weighted by atomic mass is 35.5. The minimum atomic E-state index is -4.67. The summed E-state index contributed by atoms with van der Waals surface area (Å²) in [6.45, 7) is 0.0486. The normalized spacial score (nSPS) is 17.6. The Morgan fingerprint density at radius 3 is 2.49 bits per heavy atom. The highest BCUT2D eigenvalue weighted by molar-refractivity contribution is 7.99. The van der Waals surface area contributed by atoms with Gasteiger partial charge in [0.2, 0.25) is 0 Å². The van der Waals surface area contributed by atoms with E-state index in [0.29, 0.717) is 33.8 Å². The van der Waals surface area contributed by atoms with E-state index in [4.69, 9.17) is 41.2 Å². The number of nitrogens with zero attached hydrogens (tertiary/aromatic N) is 2. The largest absolute Gasteiger partial charge is 0.409 e. The molecule has 1 aliphatic heterocycles. The topological polar surface area (TPSA) is 65.8 Å². The molecule has 3 aromatic rings. The lowest BCUT2D eigenvalue weighted by atomic mass is 9.87. The second-order valence-electron chi connectivity index (χ2n) is 7.89. The van der Waals surface area contributed by atoms with Crippen molar-refractivity contribution in [3.63, 3.8) is 0 Å². The summed E-state index contributed by atoms with van der Waals surface area (Å²) in [5.41, 5.74) is 3.61. The Morgan fingerprint density at radius 1 is 1.16 bits per heavy atom. The number of nitrogens with one attached hydrogen (secondary N) is 2. The van der Waals surface area contributed by atoms with E-state index < -0.39 is 23.4 Å². The number of hydrogen-bond donors (Lipinski definition) is 2. The Balaban J connectivity index is 1.69. The minimum Gasteiger partial charge on any atom is -0.326 e. The van der Waals surface area contributed by atoms with Gasteiger partial charge in [-0.1, -0.05) is 77.1 Å². The summed E-state index contributed by atoms with van der Waals surface area (Å²) in [6.07, 6.45) is 1.42.